The molecule has 0 rings (SSSR count). The SMILES string of the molecule is CCCCO.CCCO.ClCCl. The molecular weight excluding hydrogens is 199 g/mol. The molecule has 0 amide bonds. The Kier molecular flexibility index (Phi) is 45.8. The van der Waals surface area contributed by atoms with Crippen LogP contribution in [0.2, 0.25) is 0 Å². The van der Waals surface area contributed by atoms with Crippen LogP contribution in [-0.2, 0) is 0 Å². The summed E-state index contributed by atoms with van der Waals surface area (Å²) in [5.74, 6) is 0. The number of alkyl halides is 2. The van der Waals surface area contributed by atoms with Crippen molar-refractivity contribution in [1.29, 1.82) is 0 Å². The van der Waals surface area contributed by atoms with Crippen LogP contribution < -0.4 is 0 Å². The lowest BCUT2D eigenvalue weighted by atomic mass is 10.4. The molecule has 2 nitrogen and oxygen atoms in total. The Balaban J connectivity index is -0.000000105. The summed E-state index contributed by atoms with van der Waals surface area (Å²) in [4.78, 5) is 0. The molecule has 2 N–H and O–H groups in total. The number of hydrogen-bond acceptors (Lipinski definition) is 2. The van der Waals surface area contributed by atoms with Crippen LogP contribution in [0.5, 0.6) is 0 Å². The molecule has 0 bridgehead atoms. The van der Waals surface area contributed by atoms with E-state index in [0.717, 1.165) is 19.3 Å². The van der Waals surface area contributed by atoms with Crippen LogP contribution in [0.15, 0.2) is 0 Å². The molecule has 0 aromatic carbocycles. The summed E-state index contributed by atoms with van der Waals surface area (Å²) in [6, 6.07) is 0. The lowest BCUT2D eigenvalue weighted by Gasteiger charge is -1.79. The van der Waals surface area contributed by atoms with Crippen molar-refractivity contribution in [3.63, 3.8) is 0 Å². The second-order valence-electron chi connectivity index (χ2n) is 1.90. The van der Waals surface area contributed by atoms with Crippen LogP contribution >= 0.6 is 23.2 Å². The molecule has 0 aromatic rings. The van der Waals surface area contributed by atoms with Crippen molar-refractivity contribution in [1.82, 2.24) is 0 Å². The Labute approximate surface area is 85.5 Å². The van der Waals surface area contributed by atoms with Crippen molar-refractivity contribution < 1.29 is 10.2 Å². The normalized spacial score (nSPS) is 7.50. The Hall–Kier alpha value is 0.500. The average molecular weight is 219 g/mol. The molecule has 0 radical (unpaired) electrons. The maximum atomic E-state index is 8.07. The third kappa shape index (κ3) is 77.4. The van der Waals surface area contributed by atoms with Crippen molar-refractivity contribution >= 4 is 23.2 Å². The first-order chi connectivity index (χ1) is 5.74. The van der Waals surface area contributed by atoms with Gasteiger partial charge in [-0.25, -0.2) is 0 Å². The Bertz CT molecular complexity index is 42.0. The molecule has 0 aliphatic rings. The standard InChI is InChI=1S/C4H10O.C3H8O.CH2Cl2/c1-2-3-4-5;1-2-3-4;2-1-3/h5H,2-4H2,1H3;4H,2-3H2,1H3;1H2. The van der Waals surface area contributed by atoms with E-state index >= 15 is 0 Å². The van der Waals surface area contributed by atoms with Crippen LogP contribution in [0.25, 0.3) is 0 Å². The average Bonchev–Trinajstić information content (AvgIpc) is 2.08. The van der Waals surface area contributed by atoms with Gasteiger partial charge in [0.1, 0.15) is 0 Å². The van der Waals surface area contributed by atoms with Crippen LogP contribution in [-0.4, -0.2) is 28.8 Å². The summed E-state index contributed by atoms with van der Waals surface area (Å²) in [5.41, 5.74) is 0. The van der Waals surface area contributed by atoms with Gasteiger partial charge < -0.3 is 10.2 Å². The topological polar surface area (TPSA) is 40.5 Å². The monoisotopic (exact) mass is 218 g/mol. The lowest BCUT2D eigenvalue weighted by Crippen LogP contribution is -1.75. The van der Waals surface area contributed by atoms with E-state index in [9.17, 15) is 0 Å². The van der Waals surface area contributed by atoms with Gasteiger partial charge >= 0.3 is 0 Å². The minimum atomic E-state index is 0.194. The molecule has 0 saturated heterocycles. The van der Waals surface area contributed by atoms with E-state index in [1.54, 1.807) is 0 Å². The summed E-state index contributed by atoms with van der Waals surface area (Å²) in [5, 5.41) is 16.1. The number of hydrogen-bond donors (Lipinski definition) is 2. The molecule has 0 atom stereocenters. The Morgan fingerprint density at radius 1 is 0.917 bits per heavy atom. The van der Waals surface area contributed by atoms with E-state index in [4.69, 9.17) is 33.4 Å². The van der Waals surface area contributed by atoms with Crippen molar-refractivity contribution in [2.24, 2.45) is 0 Å². The van der Waals surface area contributed by atoms with E-state index in [2.05, 4.69) is 6.92 Å². The third-order valence-corrected chi connectivity index (χ3v) is 0.735. The number of aliphatic hydroxyl groups excluding tert-OH is 2. The first kappa shape index (κ1) is 18.3. The molecule has 0 saturated carbocycles. The number of aliphatic hydroxyl groups is 2. The molecule has 0 aromatic heterocycles. The summed E-state index contributed by atoms with van der Waals surface area (Å²) in [6.07, 6.45) is 2.91. The van der Waals surface area contributed by atoms with Gasteiger partial charge in [0.2, 0.25) is 0 Å². The largest absolute Gasteiger partial charge is 0.396 e. The molecule has 4 heteroatoms. The minimum absolute atomic E-state index is 0.194. The lowest BCUT2D eigenvalue weighted by molar-refractivity contribution is 0.287. The number of unbranched alkanes of at least 4 members (excludes halogenated alkanes) is 1. The fourth-order valence-electron chi connectivity index (χ4n) is 0.158. The molecule has 0 aliphatic heterocycles. The highest BCUT2D eigenvalue weighted by atomic mass is 35.5. The zero-order valence-electron chi connectivity index (χ0n) is 7.89. The van der Waals surface area contributed by atoms with E-state index in [1.807, 2.05) is 6.92 Å². The molecule has 0 aliphatic carbocycles. The van der Waals surface area contributed by atoms with E-state index in [1.165, 1.54) is 0 Å². The maximum absolute atomic E-state index is 8.07. The van der Waals surface area contributed by atoms with Crippen LogP contribution in [0, 0.1) is 0 Å². The predicted octanol–water partition coefficient (Wildman–Crippen LogP) is 2.59. The highest BCUT2D eigenvalue weighted by molar-refractivity contribution is 6.40. The maximum Gasteiger partial charge on any atom is 0.0967 e. The zero-order valence-corrected chi connectivity index (χ0v) is 9.40. The van der Waals surface area contributed by atoms with Crippen LogP contribution in [0.3, 0.4) is 0 Å². The number of halogens is 2. The van der Waals surface area contributed by atoms with Crippen LogP contribution in [0.1, 0.15) is 33.1 Å². The van der Waals surface area contributed by atoms with Gasteiger partial charge in [0.25, 0.3) is 0 Å². The van der Waals surface area contributed by atoms with Gasteiger partial charge in [0, 0.05) is 13.2 Å². The van der Waals surface area contributed by atoms with Gasteiger partial charge in [-0.05, 0) is 12.8 Å². The van der Waals surface area contributed by atoms with E-state index < -0.39 is 0 Å². The fourth-order valence-corrected chi connectivity index (χ4v) is 0.158. The molecule has 78 valence electrons. The van der Waals surface area contributed by atoms with Crippen molar-refractivity contribution in [3.05, 3.63) is 0 Å². The van der Waals surface area contributed by atoms with Gasteiger partial charge in [0.05, 0.1) is 5.34 Å². The smallest absolute Gasteiger partial charge is 0.0967 e. The fraction of sp³-hybridized carbons (Fsp3) is 1.00. The predicted molar refractivity (Wildman–Crippen MR) is 55.9 cm³/mol. The van der Waals surface area contributed by atoms with Gasteiger partial charge in [-0.15, -0.1) is 23.2 Å². The van der Waals surface area contributed by atoms with Crippen molar-refractivity contribution in [3.8, 4) is 0 Å². The zero-order chi connectivity index (χ0) is 10.2. The molecule has 0 unspecified atom stereocenters. The summed E-state index contributed by atoms with van der Waals surface area (Å²) in [7, 11) is 0. The first-order valence-corrected chi connectivity index (χ1v) is 5.15. The second-order valence-corrected chi connectivity index (χ2v) is 2.71. The van der Waals surface area contributed by atoms with Crippen molar-refractivity contribution in [2.45, 2.75) is 33.1 Å². The Morgan fingerprint density at radius 2 is 1.25 bits per heavy atom. The van der Waals surface area contributed by atoms with E-state index in [-0.39, 0.29) is 5.34 Å². The van der Waals surface area contributed by atoms with E-state index in [0.29, 0.717) is 13.2 Å². The van der Waals surface area contributed by atoms with Gasteiger partial charge in [-0.1, -0.05) is 20.3 Å². The minimum Gasteiger partial charge on any atom is -0.396 e. The molecule has 12 heavy (non-hydrogen) atoms. The first-order valence-electron chi connectivity index (χ1n) is 4.08. The summed E-state index contributed by atoms with van der Waals surface area (Å²) >= 11 is 9.53. The third-order valence-electron chi connectivity index (χ3n) is 0.735. The summed E-state index contributed by atoms with van der Waals surface area (Å²) in [6.45, 7) is 4.65. The number of rotatable bonds is 3. The van der Waals surface area contributed by atoms with Crippen molar-refractivity contribution in [2.75, 3.05) is 18.6 Å². The van der Waals surface area contributed by atoms with Gasteiger partial charge in [-0.3, -0.25) is 0 Å². The quantitative estimate of drug-likeness (QED) is 0.716. The molecule has 0 spiro atoms. The highest BCUT2D eigenvalue weighted by Crippen LogP contribution is 1.78. The Morgan fingerprint density at radius 3 is 1.25 bits per heavy atom. The van der Waals surface area contributed by atoms with Gasteiger partial charge in [-0.2, -0.15) is 0 Å². The summed E-state index contributed by atoms with van der Waals surface area (Å²) < 4.78 is 0. The van der Waals surface area contributed by atoms with Gasteiger partial charge in [0.15, 0.2) is 0 Å². The molecule has 0 fully saturated rings. The molecular formula is C8H20Cl2O2. The van der Waals surface area contributed by atoms with Crippen LogP contribution in [0.4, 0.5) is 0 Å². The second kappa shape index (κ2) is 30.0. The highest BCUT2D eigenvalue weighted by Gasteiger charge is 1.69. The molecule has 0 heterocycles.